The number of nitrogens with zero attached hydrogens (tertiary/aromatic N) is 1. The number of anilines is 1. The molecule has 5 rings (SSSR count). The molecule has 0 spiro atoms. The van der Waals surface area contributed by atoms with Gasteiger partial charge in [0.1, 0.15) is 5.75 Å². The van der Waals surface area contributed by atoms with Gasteiger partial charge in [-0.2, -0.15) is 0 Å². The molecule has 5 aromatic rings. The third kappa shape index (κ3) is 6.97. The zero-order valence-corrected chi connectivity index (χ0v) is 27.6. The molecule has 1 N–H and O–H groups in total. The van der Waals surface area contributed by atoms with Gasteiger partial charge in [-0.25, -0.2) is 9.59 Å². The molecule has 4 aromatic carbocycles. The van der Waals surface area contributed by atoms with Gasteiger partial charge in [-0.3, -0.25) is 4.79 Å². The molecular weight excluding hydrogens is 612 g/mol. The van der Waals surface area contributed by atoms with E-state index in [1.807, 2.05) is 62.6 Å². The first-order chi connectivity index (χ1) is 23.3. The van der Waals surface area contributed by atoms with Gasteiger partial charge in [-0.15, -0.1) is 0 Å². The van der Waals surface area contributed by atoms with Crippen LogP contribution in [0.5, 0.6) is 23.0 Å². The number of hydrogen-bond donors (Lipinski definition) is 1. The standard InChI is InChI=1S/C38H38N2O8/c1-6-44-32-21-25(22-33(45-7-2)35(32)46-8-3)36(41)39-30-18-14-13-17-28(30)37(42)48-27-19-20-31-29(23-27)34(38(43)47-9-4)24(5)40(31)26-15-11-10-12-16-26/h10-23H,6-9H2,1-5H3,(H,39,41). The van der Waals surface area contributed by atoms with E-state index in [9.17, 15) is 14.4 Å². The lowest BCUT2D eigenvalue weighted by Crippen LogP contribution is -2.17. The summed E-state index contributed by atoms with van der Waals surface area (Å²) < 4.78 is 30.4. The van der Waals surface area contributed by atoms with Gasteiger partial charge in [0.25, 0.3) is 5.91 Å². The molecule has 48 heavy (non-hydrogen) atoms. The molecule has 10 nitrogen and oxygen atoms in total. The quantitative estimate of drug-likeness (QED) is 0.102. The van der Waals surface area contributed by atoms with Gasteiger partial charge in [-0.1, -0.05) is 30.3 Å². The Kier molecular flexibility index (Phi) is 10.6. The Morgan fingerprint density at radius 3 is 2.00 bits per heavy atom. The molecule has 10 heteroatoms. The third-order valence-electron chi connectivity index (χ3n) is 7.45. The summed E-state index contributed by atoms with van der Waals surface area (Å²) in [6, 6.07) is 24.5. The number of amides is 1. The Morgan fingerprint density at radius 2 is 1.35 bits per heavy atom. The van der Waals surface area contributed by atoms with Crippen molar-refractivity contribution in [3.05, 3.63) is 107 Å². The Morgan fingerprint density at radius 1 is 0.708 bits per heavy atom. The van der Waals surface area contributed by atoms with Crippen LogP contribution in [-0.4, -0.2) is 48.8 Å². The van der Waals surface area contributed by atoms with Crippen LogP contribution in [0.25, 0.3) is 16.6 Å². The number of carbonyl (C=O) groups excluding carboxylic acids is 3. The summed E-state index contributed by atoms with van der Waals surface area (Å²) in [6.45, 7) is 10.4. The van der Waals surface area contributed by atoms with Crippen LogP contribution in [0.4, 0.5) is 5.69 Å². The van der Waals surface area contributed by atoms with E-state index >= 15 is 0 Å². The number of carbonyl (C=O) groups is 3. The summed E-state index contributed by atoms with van der Waals surface area (Å²) in [4.78, 5) is 40.2. The van der Waals surface area contributed by atoms with Crippen molar-refractivity contribution in [2.24, 2.45) is 0 Å². The number of nitrogens with one attached hydrogen (secondary N) is 1. The number of fused-ring (bicyclic) bond motifs is 1. The monoisotopic (exact) mass is 650 g/mol. The van der Waals surface area contributed by atoms with Crippen LogP contribution >= 0.6 is 0 Å². The molecule has 0 radical (unpaired) electrons. The molecule has 0 aliphatic heterocycles. The van der Waals surface area contributed by atoms with E-state index in [0.29, 0.717) is 53.7 Å². The molecule has 0 unspecified atom stereocenters. The highest BCUT2D eigenvalue weighted by Gasteiger charge is 2.24. The molecule has 248 valence electrons. The molecule has 0 saturated heterocycles. The maximum atomic E-state index is 13.6. The van der Waals surface area contributed by atoms with Gasteiger partial charge >= 0.3 is 11.9 Å². The fourth-order valence-corrected chi connectivity index (χ4v) is 5.48. The maximum Gasteiger partial charge on any atom is 0.345 e. The number of esters is 2. The largest absolute Gasteiger partial charge is 0.490 e. The zero-order valence-electron chi connectivity index (χ0n) is 27.6. The Hall–Kier alpha value is -5.77. The zero-order chi connectivity index (χ0) is 34.2. The number of hydrogen-bond acceptors (Lipinski definition) is 8. The van der Waals surface area contributed by atoms with E-state index in [-0.39, 0.29) is 29.2 Å². The maximum absolute atomic E-state index is 13.6. The van der Waals surface area contributed by atoms with Crippen molar-refractivity contribution in [1.29, 1.82) is 0 Å². The average molecular weight is 651 g/mol. The van der Waals surface area contributed by atoms with Gasteiger partial charge < -0.3 is 33.6 Å². The van der Waals surface area contributed by atoms with Crippen LogP contribution in [0.3, 0.4) is 0 Å². The molecule has 1 heterocycles. The number of para-hydroxylation sites is 2. The summed E-state index contributed by atoms with van der Waals surface area (Å²) in [5, 5.41) is 3.40. The SMILES string of the molecule is CCOC(=O)c1c(C)n(-c2ccccc2)c2ccc(OC(=O)c3ccccc3NC(=O)c3cc(OCC)c(OCC)c(OCC)c3)cc12. The lowest BCUT2D eigenvalue weighted by atomic mass is 10.1. The molecule has 0 fully saturated rings. The van der Waals surface area contributed by atoms with E-state index in [4.69, 9.17) is 23.7 Å². The van der Waals surface area contributed by atoms with Crippen LogP contribution in [-0.2, 0) is 4.74 Å². The van der Waals surface area contributed by atoms with Crippen molar-refractivity contribution in [2.75, 3.05) is 31.7 Å². The Bertz CT molecular complexity index is 1920. The highest BCUT2D eigenvalue weighted by atomic mass is 16.5. The summed E-state index contributed by atoms with van der Waals surface area (Å²) >= 11 is 0. The van der Waals surface area contributed by atoms with Crippen molar-refractivity contribution >= 4 is 34.4 Å². The topological polar surface area (TPSA) is 114 Å². The highest BCUT2D eigenvalue weighted by Crippen LogP contribution is 2.39. The summed E-state index contributed by atoms with van der Waals surface area (Å²) in [7, 11) is 0. The number of aromatic nitrogens is 1. The highest BCUT2D eigenvalue weighted by molar-refractivity contribution is 6.09. The van der Waals surface area contributed by atoms with Crippen molar-refractivity contribution in [3.8, 4) is 28.7 Å². The normalized spacial score (nSPS) is 10.8. The molecule has 0 bridgehead atoms. The molecule has 0 aliphatic carbocycles. The first-order valence-electron chi connectivity index (χ1n) is 15.9. The Balaban J connectivity index is 1.46. The van der Waals surface area contributed by atoms with Gasteiger partial charge in [-0.05, 0) is 89.2 Å². The second kappa shape index (κ2) is 15.2. The number of ether oxygens (including phenoxy) is 5. The smallest absolute Gasteiger partial charge is 0.345 e. The minimum atomic E-state index is -0.696. The first-order valence-corrected chi connectivity index (χ1v) is 15.9. The number of rotatable bonds is 13. The second-order valence-corrected chi connectivity index (χ2v) is 10.5. The van der Waals surface area contributed by atoms with Crippen molar-refractivity contribution in [3.63, 3.8) is 0 Å². The predicted octanol–water partition coefficient (Wildman–Crippen LogP) is 7.78. The summed E-state index contributed by atoms with van der Waals surface area (Å²) in [6.07, 6.45) is 0. The minimum Gasteiger partial charge on any atom is -0.490 e. The summed E-state index contributed by atoms with van der Waals surface area (Å²) in [5.41, 5.74) is 3.34. The van der Waals surface area contributed by atoms with Crippen LogP contribution in [0.15, 0.2) is 84.9 Å². The molecule has 0 atom stereocenters. The van der Waals surface area contributed by atoms with Gasteiger partial charge in [0.15, 0.2) is 11.5 Å². The van der Waals surface area contributed by atoms with Crippen molar-refractivity contribution < 1.29 is 38.1 Å². The van der Waals surface area contributed by atoms with Crippen LogP contribution in [0.2, 0.25) is 0 Å². The van der Waals surface area contributed by atoms with Crippen LogP contribution in [0.1, 0.15) is 64.5 Å². The van der Waals surface area contributed by atoms with E-state index in [1.54, 1.807) is 61.5 Å². The molecular formula is C38H38N2O8. The lowest BCUT2D eigenvalue weighted by Gasteiger charge is -2.17. The van der Waals surface area contributed by atoms with E-state index < -0.39 is 17.8 Å². The third-order valence-corrected chi connectivity index (χ3v) is 7.45. The van der Waals surface area contributed by atoms with Crippen molar-refractivity contribution in [2.45, 2.75) is 34.6 Å². The van der Waals surface area contributed by atoms with Gasteiger partial charge in [0, 0.05) is 22.3 Å². The predicted molar refractivity (Wildman–Crippen MR) is 183 cm³/mol. The van der Waals surface area contributed by atoms with E-state index in [2.05, 4.69) is 5.32 Å². The fourth-order valence-electron chi connectivity index (χ4n) is 5.48. The van der Waals surface area contributed by atoms with E-state index in [0.717, 1.165) is 11.2 Å². The average Bonchev–Trinajstić information content (AvgIpc) is 3.37. The fraction of sp³-hybridized carbons (Fsp3) is 0.237. The summed E-state index contributed by atoms with van der Waals surface area (Å²) in [5.74, 6) is -0.273. The molecule has 0 saturated carbocycles. The second-order valence-electron chi connectivity index (χ2n) is 10.5. The van der Waals surface area contributed by atoms with Gasteiger partial charge in [0.05, 0.1) is 48.8 Å². The van der Waals surface area contributed by atoms with Crippen LogP contribution in [0, 0.1) is 6.92 Å². The van der Waals surface area contributed by atoms with Crippen molar-refractivity contribution in [1.82, 2.24) is 4.57 Å². The lowest BCUT2D eigenvalue weighted by molar-refractivity contribution is 0.0527. The minimum absolute atomic E-state index is 0.135. The molecule has 1 amide bonds. The number of benzene rings is 4. The molecule has 0 aliphatic rings. The van der Waals surface area contributed by atoms with E-state index in [1.165, 1.54) is 0 Å². The first kappa shape index (κ1) is 33.6. The van der Waals surface area contributed by atoms with Crippen LogP contribution < -0.4 is 24.3 Å². The molecule has 1 aromatic heterocycles. The van der Waals surface area contributed by atoms with Gasteiger partial charge in [0.2, 0.25) is 5.75 Å². The Labute approximate surface area is 279 Å².